The first-order valence-corrected chi connectivity index (χ1v) is 5.87. The fourth-order valence-corrected chi connectivity index (χ4v) is 2.99. The molecule has 0 amide bonds. The number of nitrogens with zero attached hydrogens (tertiary/aromatic N) is 1. The summed E-state index contributed by atoms with van der Waals surface area (Å²) in [7, 11) is 0. The van der Waals surface area contributed by atoms with Crippen molar-refractivity contribution in [2.45, 2.75) is 58.5 Å². The van der Waals surface area contributed by atoms with Crippen LogP contribution in [0.1, 0.15) is 47.0 Å². The fourth-order valence-electron chi connectivity index (χ4n) is 2.99. The molecule has 0 aromatic carbocycles. The maximum Gasteiger partial charge on any atom is 0.0153 e. The van der Waals surface area contributed by atoms with Crippen molar-refractivity contribution in [1.82, 2.24) is 4.90 Å². The van der Waals surface area contributed by atoms with Gasteiger partial charge in [0.05, 0.1) is 0 Å². The predicted molar refractivity (Wildman–Crippen MR) is 56.8 cm³/mol. The molecule has 76 valence electrons. The van der Waals surface area contributed by atoms with Gasteiger partial charge < -0.3 is 0 Å². The first kappa shape index (κ1) is 9.51. The van der Waals surface area contributed by atoms with E-state index in [1.54, 1.807) is 0 Å². The van der Waals surface area contributed by atoms with E-state index in [4.69, 9.17) is 0 Å². The molecule has 1 heteroatoms. The molecule has 3 atom stereocenters. The minimum Gasteiger partial charge on any atom is -0.295 e. The van der Waals surface area contributed by atoms with Gasteiger partial charge in [0, 0.05) is 18.1 Å². The highest BCUT2D eigenvalue weighted by Gasteiger charge is 2.54. The molecule has 1 heterocycles. The van der Waals surface area contributed by atoms with Gasteiger partial charge in [-0.1, -0.05) is 13.8 Å². The molecular weight excluding hydrogens is 158 g/mol. The highest BCUT2D eigenvalue weighted by Crippen LogP contribution is 2.52. The number of hydrogen-bond acceptors (Lipinski definition) is 1. The SMILES string of the molecule is CCC1C2CC2CN1C(C)(C)CC. The van der Waals surface area contributed by atoms with Gasteiger partial charge in [-0.2, -0.15) is 0 Å². The van der Waals surface area contributed by atoms with E-state index in [0.29, 0.717) is 5.54 Å². The fraction of sp³-hybridized carbons (Fsp3) is 1.00. The van der Waals surface area contributed by atoms with Crippen LogP contribution in [0.5, 0.6) is 0 Å². The summed E-state index contributed by atoms with van der Waals surface area (Å²) in [5, 5.41) is 0. The van der Waals surface area contributed by atoms with E-state index in [-0.39, 0.29) is 0 Å². The Balaban J connectivity index is 2.07. The van der Waals surface area contributed by atoms with Crippen LogP contribution < -0.4 is 0 Å². The number of likely N-dealkylation sites (tertiary alicyclic amines) is 1. The Labute approximate surface area is 82.5 Å². The first-order valence-electron chi connectivity index (χ1n) is 5.87. The maximum atomic E-state index is 2.77. The molecule has 0 radical (unpaired) electrons. The molecule has 1 aliphatic carbocycles. The van der Waals surface area contributed by atoms with Crippen molar-refractivity contribution in [2.75, 3.05) is 6.54 Å². The Morgan fingerprint density at radius 1 is 1.31 bits per heavy atom. The summed E-state index contributed by atoms with van der Waals surface area (Å²) in [6, 6.07) is 0.903. The van der Waals surface area contributed by atoms with E-state index in [2.05, 4.69) is 32.6 Å². The van der Waals surface area contributed by atoms with Crippen LogP contribution in [-0.4, -0.2) is 23.0 Å². The summed E-state index contributed by atoms with van der Waals surface area (Å²) >= 11 is 0. The molecule has 1 saturated carbocycles. The monoisotopic (exact) mass is 181 g/mol. The highest BCUT2D eigenvalue weighted by atomic mass is 15.3. The van der Waals surface area contributed by atoms with E-state index in [1.165, 1.54) is 25.8 Å². The quantitative estimate of drug-likeness (QED) is 0.647. The second-order valence-electron chi connectivity index (χ2n) is 5.45. The molecular formula is C12H23N. The van der Waals surface area contributed by atoms with Gasteiger partial charge in [0.1, 0.15) is 0 Å². The first-order chi connectivity index (χ1) is 6.10. The van der Waals surface area contributed by atoms with Crippen molar-refractivity contribution in [3.05, 3.63) is 0 Å². The molecule has 2 fully saturated rings. The predicted octanol–water partition coefficient (Wildman–Crippen LogP) is 2.91. The number of hydrogen-bond donors (Lipinski definition) is 0. The van der Waals surface area contributed by atoms with Crippen molar-refractivity contribution in [3.8, 4) is 0 Å². The lowest BCUT2D eigenvalue weighted by molar-refractivity contribution is 0.0793. The van der Waals surface area contributed by atoms with Crippen LogP contribution in [0.3, 0.4) is 0 Å². The average molecular weight is 181 g/mol. The van der Waals surface area contributed by atoms with Gasteiger partial charge in [-0.25, -0.2) is 0 Å². The normalized spacial score (nSPS) is 39.2. The Morgan fingerprint density at radius 2 is 2.00 bits per heavy atom. The van der Waals surface area contributed by atoms with Gasteiger partial charge in [-0.05, 0) is 44.9 Å². The van der Waals surface area contributed by atoms with Crippen LogP contribution in [0.25, 0.3) is 0 Å². The standard InChI is InChI=1S/C12H23N/c1-5-11-10-7-9(10)8-13(11)12(3,4)6-2/h9-11H,5-8H2,1-4H3. The molecule has 2 rings (SSSR count). The molecule has 1 saturated heterocycles. The molecule has 1 aliphatic heterocycles. The largest absolute Gasteiger partial charge is 0.295 e. The van der Waals surface area contributed by atoms with Crippen molar-refractivity contribution in [3.63, 3.8) is 0 Å². The zero-order valence-corrected chi connectivity index (χ0v) is 9.51. The second kappa shape index (κ2) is 2.98. The summed E-state index contributed by atoms with van der Waals surface area (Å²) in [4.78, 5) is 2.77. The Morgan fingerprint density at radius 3 is 2.54 bits per heavy atom. The van der Waals surface area contributed by atoms with Gasteiger partial charge in [-0.15, -0.1) is 0 Å². The molecule has 0 aromatic rings. The minimum atomic E-state index is 0.439. The lowest BCUT2D eigenvalue weighted by atomic mass is 9.96. The lowest BCUT2D eigenvalue weighted by Gasteiger charge is -2.40. The van der Waals surface area contributed by atoms with E-state index >= 15 is 0 Å². The highest BCUT2D eigenvalue weighted by molar-refractivity contribution is 5.06. The zero-order valence-electron chi connectivity index (χ0n) is 9.51. The van der Waals surface area contributed by atoms with Crippen LogP contribution in [0, 0.1) is 11.8 Å². The van der Waals surface area contributed by atoms with Crippen molar-refractivity contribution in [2.24, 2.45) is 11.8 Å². The van der Waals surface area contributed by atoms with Gasteiger partial charge in [-0.3, -0.25) is 4.90 Å². The lowest BCUT2D eigenvalue weighted by Crippen LogP contribution is -2.48. The van der Waals surface area contributed by atoms with Crippen LogP contribution in [-0.2, 0) is 0 Å². The molecule has 0 aromatic heterocycles. The summed E-state index contributed by atoms with van der Waals surface area (Å²) in [6.45, 7) is 10.9. The molecule has 0 bridgehead atoms. The third-order valence-corrected chi connectivity index (χ3v) is 4.36. The Hall–Kier alpha value is -0.0400. The van der Waals surface area contributed by atoms with E-state index in [1.807, 2.05) is 0 Å². The van der Waals surface area contributed by atoms with Crippen molar-refractivity contribution >= 4 is 0 Å². The summed E-state index contributed by atoms with van der Waals surface area (Å²) in [6.07, 6.45) is 4.16. The maximum absolute atomic E-state index is 2.77. The third-order valence-electron chi connectivity index (χ3n) is 4.36. The molecule has 0 spiro atoms. The van der Waals surface area contributed by atoms with Crippen LogP contribution in [0.2, 0.25) is 0 Å². The van der Waals surface area contributed by atoms with E-state index in [9.17, 15) is 0 Å². The minimum absolute atomic E-state index is 0.439. The molecule has 1 nitrogen and oxygen atoms in total. The molecule has 0 N–H and O–H groups in total. The van der Waals surface area contributed by atoms with Gasteiger partial charge in [0.15, 0.2) is 0 Å². The average Bonchev–Trinajstić information content (AvgIpc) is 2.78. The number of fused-ring (bicyclic) bond motifs is 1. The van der Waals surface area contributed by atoms with Gasteiger partial charge in [0.2, 0.25) is 0 Å². The van der Waals surface area contributed by atoms with Crippen molar-refractivity contribution in [1.29, 1.82) is 0 Å². The smallest absolute Gasteiger partial charge is 0.0153 e. The number of piperidine rings is 1. The topological polar surface area (TPSA) is 3.24 Å². The third kappa shape index (κ3) is 1.41. The van der Waals surface area contributed by atoms with Crippen LogP contribution in [0.4, 0.5) is 0 Å². The van der Waals surface area contributed by atoms with E-state index < -0.39 is 0 Å². The Bertz CT molecular complexity index is 197. The summed E-state index contributed by atoms with van der Waals surface area (Å²) < 4.78 is 0. The van der Waals surface area contributed by atoms with E-state index in [0.717, 1.165) is 17.9 Å². The zero-order chi connectivity index (χ0) is 9.64. The summed E-state index contributed by atoms with van der Waals surface area (Å²) in [5.74, 6) is 2.13. The van der Waals surface area contributed by atoms with Gasteiger partial charge >= 0.3 is 0 Å². The summed E-state index contributed by atoms with van der Waals surface area (Å²) in [5.41, 5.74) is 0.439. The van der Waals surface area contributed by atoms with Gasteiger partial charge in [0.25, 0.3) is 0 Å². The molecule has 2 aliphatic rings. The molecule has 13 heavy (non-hydrogen) atoms. The molecule has 3 unspecified atom stereocenters. The number of rotatable bonds is 3. The van der Waals surface area contributed by atoms with Crippen LogP contribution in [0.15, 0.2) is 0 Å². The second-order valence-corrected chi connectivity index (χ2v) is 5.45. The van der Waals surface area contributed by atoms with Crippen LogP contribution >= 0.6 is 0 Å². The Kier molecular flexibility index (Phi) is 2.18. The van der Waals surface area contributed by atoms with Crippen molar-refractivity contribution < 1.29 is 0 Å².